The van der Waals surface area contributed by atoms with Crippen LogP contribution in [-0.4, -0.2) is 16.6 Å². The van der Waals surface area contributed by atoms with E-state index >= 15 is 0 Å². The average molecular weight is 249 g/mol. The van der Waals surface area contributed by atoms with Gasteiger partial charge in [0.1, 0.15) is 6.10 Å². The third kappa shape index (κ3) is 1.90. The van der Waals surface area contributed by atoms with Crippen molar-refractivity contribution in [2.75, 3.05) is 6.61 Å². The van der Waals surface area contributed by atoms with Gasteiger partial charge in [-0.25, -0.2) is 9.97 Å². The van der Waals surface area contributed by atoms with E-state index in [-0.39, 0.29) is 6.10 Å². The van der Waals surface area contributed by atoms with Crippen molar-refractivity contribution in [2.24, 2.45) is 0 Å². The highest BCUT2D eigenvalue weighted by Gasteiger charge is 2.22. The Hall–Kier alpha value is -1.19. The van der Waals surface area contributed by atoms with Crippen molar-refractivity contribution in [3.63, 3.8) is 0 Å². The second kappa shape index (κ2) is 4.24. The van der Waals surface area contributed by atoms with Gasteiger partial charge in [0, 0.05) is 12.0 Å². The molecule has 1 aliphatic rings. The summed E-state index contributed by atoms with van der Waals surface area (Å²) in [6, 6.07) is 6.09. The summed E-state index contributed by atoms with van der Waals surface area (Å²) >= 11 is 6.00. The third-order valence-corrected chi connectivity index (χ3v) is 3.33. The second-order valence-corrected chi connectivity index (χ2v) is 4.69. The number of nitrogens with zero attached hydrogens (tertiary/aromatic N) is 2. The molecule has 2 aromatic rings. The summed E-state index contributed by atoms with van der Waals surface area (Å²) in [5.74, 6) is 0. The SMILES string of the molecule is Cc1cccc2c(C3CCCO3)nc(Cl)nc12. The van der Waals surface area contributed by atoms with Crippen molar-refractivity contribution in [1.29, 1.82) is 0 Å². The Morgan fingerprint density at radius 3 is 3.00 bits per heavy atom. The van der Waals surface area contributed by atoms with Crippen LogP contribution >= 0.6 is 11.6 Å². The number of hydrogen-bond donors (Lipinski definition) is 0. The molecule has 0 amide bonds. The summed E-state index contributed by atoms with van der Waals surface area (Å²) in [6.07, 6.45) is 2.16. The number of hydrogen-bond acceptors (Lipinski definition) is 3. The molecule has 88 valence electrons. The summed E-state index contributed by atoms with van der Waals surface area (Å²) in [4.78, 5) is 8.66. The van der Waals surface area contributed by atoms with Crippen molar-refractivity contribution < 1.29 is 4.74 Å². The smallest absolute Gasteiger partial charge is 0.223 e. The minimum atomic E-state index is 0.0693. The third-order valence-electron chi connectivity index (χ3n) is 3.17. The first-order valence-electron chi connectivity index (χ1n) is 5.80. The molecular weight excluding hydrogens is 236 g/mol. The highest BCUT2D eigenvalue weighted by Crippen LogP contribution is 2.33. The van der Waals surface area contributed by atoms with E-state index in [9.17, 15) is 0 Å². The van der Waals surface area contributed by atoms with Gasteiger partial charge in [-0.3, -0.25) is 0 Å². The van der Waals surface area contributed by atoms with Crippen LogP contribution in [0.5, 0.6) is 0 Å². The summed E-state index contributed by atoms with van der Waals surface area (Å²) in [7, 11) is 0. The second-order valence-electron chi connectivity index (χ2n) is 4.35. The molecule has 17 heavy (non-hydrogen) atoms. The standard InChI is InChI=1S/C13H13ClN2O/c1-8-4-2-5-9-11(8)15-13(14)16-12(9)10-6-3-7-17-10/h2,4-5,10H,3,6-7H2,1H3. The Morgan fingerprint density at radius 1 is 1.35 bits per heavy atom. The predicted molar refractivity (Wildman–Crippen MR) is 67.2 cm³/mol. The van der Waals surface area contributed by atoms with Gasteiger partial charge in [0.25, 0.3) is 0 Å². The number of para-hydroxylation sites is 1. The topological polar surface area (TPSA) is 35.0 Å². The van der Waals surface area contributed by atoms with Crippen LogP contribution in [0.3, 0.4) is 0 Å². The number of halogens is 1. The minimum absolute atomic E-state index is 0.0693. The predicted octanol–water partition coefficient (Wildman–Crippen LogP) is 3.44. The van der Waals surface area contributed by atoms with E-state index in [2.05, 4.69) is 9.97 Å². The van der Waals surface area contributed by atoms with Crippen LogP contribution in [0.25, 0.3) is 10.9 Å². The largest absolute Gasteiger partial charge is 0.372 e. The fourth-order valence-corrected chi connectivity index (χ4v) is 2.51. The molecule has 0 aliphatic carbocycles. The van der Waals surface area contributed by atoms with E-state index in [0.717, 1.165) is 41.6 Å². The molecule has 1 atom stereocenters. The monoisotopic (exact) mass is 248 g/mol. The quantitative estimate of drug-likeness (QED) is 0.725. The molecule has 0 bridgehead atoms. The van der Waals surface area contributed by atoms with Crippen LogP contribution < -0.4 is 0 Å². The molecule has 0 radical (unpaired) electrons. The number of rotatable bonds is 1. The van der Waals surface area contributed by atoms with Gasteiger partial charge in [-0.2, -0.15) is 0 Å². The lowest BCUT2D eigenvalue weighted by molar-refractivity contribution is 0.110. The first-order chi connectivity index (χ1) is 8.25. The Morgan fingerprint density at radius 2 is 2.24 bits per heavy atom. The van der Waals surface area contributed by atoms with Crippen molar-refractivity contribution in [3.05, 3.63) is 34.7 Å². The summed E-state index contributed by atoms with van der Waals surface area (Å²) in [5.41, 5.74) is 2.98. The molecule has 0 spiro atoms. The van der Waals surface area contributed by atoms with Crippen LogP contribution in [-0.2, 0) is 4.74 Å². The Bertz CT molecular complexity index is 565. The van der Waals surface area contributed by atoms with E-state index in [4.69, 9.17) is 16.3 Å². The number of aromatic nitrogens is 2. The molecule has 1 saturated heterocycles. The zero-order valence-electron chi connectivity index (χ0n) is 9.61. The maximum Gasteiger partial charge on any atom is 0.223 e. The number of aryl methyl sites for hydroxylation is 1. The van der Waals surface area contributed by atoms with Gasteiger partial charge in [0.2, 0.25) is 5.28 Å². The zero-order chi connectivity index (χ0) is 11.8. The van der Waals surface area contributed by atoms with Gasteiger partial charge >= 0.3 is 0 Å². The lowest BCUT2D eigenvalue weighted by atomic mass is 10.1. The summed E-state index contributed by atoms with van der Waals surface area (Å²) in [6.45, 7) is 2.84. The maximum absolute atomic E-state index is 6.00. The Labute approximate surface area is 105 Å². The Kier molecular flexibility index (Phi) is 2.73. The molecule has 3 rings (SSSR count). The fraction of sp³-hybridized carbons (Fsp3) is 0.385. The van der Waals surface area contributed by atoms with Crippen molar-refractivity contribution in [2.45, 2.75) is 25.9 Å². The van der Waals surface area contributed by atoms with E-state index in [1.54, 1.807) is 0 Å². The molecular formula is C13H13ClN2O. The van der Waals surface area contributed by atoms with Gasteiger partial charge in [0.15, 0.2) is 0 Å². The first-order valence-corrected chi connectivity index (χ1v) is 6.18. The molecule has 1 unspecified atom stereocenters. The van der Waals surface area contributed by atoms with Crippen LogP contribution in [0.2, 0.25) is 5.28 Å². The fourth-order valence-electron chi connectivity index (χ4n) is 2.33. The molecule has 1 aromatic carbocycles. The number of ether oxygens (including phenoxy) is 1. The van der Waals surface area contributed by atoms with Gasteiger partial charge in [-0.15, -0.1) is 0 Å². The van der Waals surface area contributed by atoms with E-state index in [1.165, 1.54) is 0 Å². The normalized spacial score (nSPS) is 20.0. The molecule has 0 saturated carbocycles. The van der Waals surface area contributed by atoms with Gasteiger partial charge < -0.3 is 4.74 Å². The van der Waals surface area contributed by atoms with E-state index in [0.29, 0.717) is 5.28 Å². The van der Waals surface area contributed by atoms with Crippen molar-refractivity contribution in [3.8, 4) is 0 Å². The minimum Gasteiger partial charge on any atom is -0.372 e. The Balaban J connectivity index is 2.25. The number of fused-ring (bicyclic) bond motifs is 1. The molecule has 1 fully saturated rings. The highest BCUT2D eigenvalue weighted by atomic mass is 35.5. The van der Waals surface area contributed by atoms with E-state index in [1.807, 2.05) is 25.1 Å². The number of benzene rings is 1. The highest BCUT2D eigenvalue weighted by molar-refractivity contribution is 6.28. The van der Waals surface area contributed by atoms with Crippen molar-refractivity contribution >= 4 is 22.5 Å². The van der Waals surface area contributed by atoms with Crippen LogP contribution in [0.15, 0.2) is 18.2 Å². The lowest BCUT2D eigenvalue weighted by Crippen LogP contribution is -2.03. The molecule has 1 aromatic heterocycles. The van der Waals surface area contributed by atoms with Crippen LogP contribution in [0, 0.1) is 6.92 Å². The van der Waals surface area contributed by atoms with Crippen molar-refractivity contribution in [1.82, 2.24) is 9.97 Å². The molecule has 0 N–H and O–H groups in total. The van der Waals surface area contributed by atoms with Crippen LogP contribution in [0.4, 0.5) is 0 Å². The first kappa shape index (κ1) is 10.9. The van der Waals surface area contributed by atoms with Gasteiger partial charge in [0.05, 0.1) is 11.2 Å². The summed E-state index contributed by atoms with van der Waals surface area (Å²) < 4.78 is 5.69. The average Bonchev–Trinajstić information content (AvgIpc) is 2.83. The van der Waals surface area contributed by atoms with Crippen LogP contribution in [0.1, 0.15) is 30.2 Å². The molecule has 1 aliphatic heterocycles. The van der Waals surface area contributed by atoms with E-state index < -0.39 is 0 Å². The van der Waals surface area contributed by atoms with Gasteiger partial charge in [-0.05, 0) is 36.9 Å². The summed E-state index contributed by atoms with van der Waals surface area (Å²) in [5, 5.41) is 1.36. The molecule has 2 heterocycles. The zero-order valence-corrected chi connectivity index (χ0v) is 10.4. The van der Waals surface area contributed by atoms with Gasteiger partial charge in [-0.1, -0.05) is 18.2 Å². The maximum atomic E-state index is 6.00. The molecule has 3 nitrogen and oxygen atoms in total. The molecule has 4 heteroatoms. The lowest BCUT2D eigenvalue weighted by Gasteiger charge is -2.12.